The Hall–Kier alpha value is -0.0862. The molecule has 0 aromatic heterocycles. The fourth-order valence-corrected chi connectivity index (χ4v) is 1.35. The van der Waals surface area contributed by atoms with Gasteiger partial charge in [-0.25, -0.2) is 0 Å². The molecule has 0 aliphatic carbocycles. The van der Waals surface area contributed by atoms with Gasteiger partial charge in [-0.3, -0.25) is 0 Å². The molecular formula is C8H18O2Si2. The van der Waals surface area contributed by atoms with Gasteiger partial charge in [0.2, 0.25) is 0 Å². The van der Waals surface area contributed by atoms with Crippen molar-refractivity contribution in [3.63, 3.8) is 0 Å². The Morgan fingerprint density at radius 3 is 1.42 bits per heavy atom. The molecule has 0 saturated carbocycles. The summed E-state index contributed by atoms with van der Waals surface area (Å²) in [5.41, 5.74) is 0. The summed E-state index contributed by atoms with van der Waals surface area (Å²) in [5.74, 6) is 5.86. The highest BCUT2D eigenvalue weighted by atomic mass is 28.3. The van der Waals surface area contributed by atoms with Crippen LogP contribution in [0.25, 0.3) is 0 Å². The molecule has 0 rings (SSSR count). The molecular weight excluding hydrogens is 184 g/mol. The van der Waals surface area contributed by atoms with Gasteiger partial charge in [-0.05, 0) is 26.2 Å². The topological polar surface area (TPSA) is 18.5 Å². The van der Waals surface area contributed by atoms with Crippen LogP contribution in [0.5, 0.6) is 0 Å². The van der Waals surface area contributed by atoms with Gasteiger partial charge in [0.25, 0.3) is 0 Å². The van der Waals surface area contributed by atoms with Crippen molar-refractivity contribution in [2.24, 2.45) is 0 Å². The van der Waals surface area contributed by atoms with Crippen LogP contribution in [0.3, 0.4) is 0 Å². The fourth-order valence-electron chi connectivity index (χ4n) is 0.519. The van der Waals surface area contributed by atoms with Crippen molar-refractivity contribution < 1.29 is 8.85 Å². The summed E-state index contributed by atoms with van der Waals surface area (Å²) in [6, 6.07) is 0. The van der Waals surface area contributed by atoms with Gasteiger partial charge >= 0.3 is 0 Å². The summed E-state index contributed by atoms with van der Waals surface area (Å²) in [5, 5.41) is 0. The van der Waals surface area contributed by atoms with Crippen LogP contribution in [-0.4, -0.2) is 31.3 Å². The molecule has 12 heavy (non-hydrogen) atoms. The summed E-state index contributed by atoms with van der Waals surface area (Å²) >= 11 is 0. The maximum Gasteiger partial charge on any atom is 0.172 e. The lowest BCUT2D eigenvalue weighted by Crippen LogP contribution is -2.08. The van der Waals surface area contributed by atoms with E-state index in [1.807, 2.05) is 0 Å². The Kier molecular flexibility index (Phi) is 7.50. The monoisotopic (exact) mass is 202 g/mol. The SMILES string of the molecule is C[SiH](C)OCC#CCO[SiH](C)C. The van der Waals surface area contributed by atoms with Crippen LogP contribution in [0.2, 0.25) is 26.2 Å². The minimum Gasteiger partial charge on any atom is -0.410 e. The van der Waals surface area contributed by atoms with Crippen molar-refractivity contribution in [3.05, 3.63) is 0 Å². The predicted molar refractivity (Wildman–Crippen MR) is 57.4 cm³/mol. The van der Waals surface area contributed by atoms with Crippen LogP contribution in [-0.2, 0) is 8.85 Å². The van der Waals surface area contributed by atoms with Crippen LogP contribution in [0, 0.1) is 11.8 Å². The van der Waals surface area contributed by atoms with E-state index in [0.29, 0.717) is 13.2 Å². The van der Waals surface area contributed by atoms with Gasteiger partial charge in [0.05, 0.1) is 13.2 Å². The van der Waals surface area contributed by atoms with Crippen LogP contribution >= 0.6 is 0 Å². The maximum atomic E-state index is 5.37. The third-order valence-corrected chi connectivity index (χ3v) is 2.77. The second kappa shape index (κ2) is 7.56. The molecule has 0 aromatic rings. The van der Waals surface area contributed by atoms with Gasteiger partial charge in [0.1, 0.15) is 0 Å². The molecule has 0 saturated heterocycles. The smallest absolute Gasteiger partial charge is 0.172 e. The van der Waals surface area contributed by atoms with Gasteiger partial charge in [0, 0.05) is 0 Å². The molecule has 4 heteroatoms. The first-order chi connectivity index (χ1) is 5.63. The summed E-state index contributed by atoms with van der Waals surface area (Å²) < 4.78 is 10.7. The van der Waals surface area contributed by atoms with Crippen LogP contribution in [0.4, 0.5) is 0 Å². The van der Waals surface area contributed by atoms with E-state index in [1.165, 1.54) is 0 Å². The second-order valence-corrected chi connectivity index (χ2v) is 7.93. The molecule has 0 fully saturated rings. The lowest BCUT2D eigenvalue weighted by atomic mass is 10.6. The predicted octanol–water partition coefficient (Wildman–Crippen LogP) is 0.990. The van der Waals surface area contributed by atoms with E-state index in [0.717, 1.165) is 0 Å². The molecule has 0 heterocycles. The van der Waals surface area contributed by atoms with E-state index in [-0.39, 0.29) is 0 Å². The second-order valence-electron chi connectivity index (χ2n) is 3.07. The standard InChI is InChI=1S/C8H18O2Si2/c1-11(2)9-7-5-6-8-10-12(3)4/h11-12H,7-8H2,1-4H3. The van der Waals surface area contributed by atoms with Crippen molar-refractivity contribution in [2.75, 3.05) is 13.2 Å². The van der Waals surface area contributed by atoms with Crippen molar-refractivity contribution in [1.82, 2.24) is 0 Å². The lowest BCUT2D eigenvalue weighted by Gasteiger charge is -2.01. The molecule has 0 unspecified atom stereocenters. The molecule has 0 bridgehead atoms. The molecule has 0 spiro atoms. The van der Waals surface area contributed by atoms with Gasteiger partial charge in [-0.1, -0.05) is 11.8 Å². The molecule has 0 atom stereocenters. The highest BCUT2D eigenvalue weighted by Gasteiger charge is 1.91. The largest absolute Gasteiger partial charge is 0.410 e. The maximum absolute atomic E-state index is 5.37. The summed E-state index contributed by atoms with van der Waals surface area (Å²) in [7, 11) is -1.75. The van der Waals surface area contributed by atoms with Gasteiger partial charge in [-0.2, -0.15) is 0 Å². The zero-order chi connectivity index (χ0) is 9.40. The Labute approximate surface area is 78.7 Å². The molecule has 2 nitrogen and oxygen atoms in total. The average molecular weight is 202 g/mol. The molecule has 0 N–H and O–H groups in total. The van der Waals surface area contributed by atoms with Crippen LogP contribution in [0.15, 0.2) is 0 Å². The summed E-state index contributed by atoms with van der Waals surface area (Å²) in [6.07, 6.45) is 0. The third-order valence-electron chi connectivity index (χ3n) is 1.10. The van der Waals surface area contributed by atoms with E-state index in [9.17, 15) is 0 Å². The first-order valence-electron chi connectivity index (χ1n) is 4.32. The number of rotatable bonds is 4. The van der Waals surface area contributed by atoms with Gasteiger partial charge < -0.3 is 8.85 Å². The van der Waals surface area contributed by atoms with E-state index >= 15 is 0 Å². The average Bonchev–Trinajstić information content (AvgIpc) is 1.95. The molecule has 0 aliphatic rings. The zero-order valence-electron chi connectivity index (χ0n) is 8.39. The van der Waals surface area contributed by atoms with Crippen molar-refractivity contribution >= 4 is 18.1 Å². The highest BCUT2D eigenvalue weighted by Crippen LogP contribution is 1.82. The van der Waals surface area contributed by atoms with Crippen LogP contribution in [0.1, 0.15) is 0 Å². The Bertz CT molecular complexity index is 142. The lowest BCUT2D eigenvalue weighted by molar-refractivity contribution is 0.374. The summed E-state index contributed by atoms with van der Waals surface area (Å²) in [6.45, 7) is 9.71. The number of hydrogen-bond acceptors (Lipinski definition) is 2. The first-order valence-corrected chi connectivity index (χ1v) is 9.88. The molecule has 0 amide bonds. The highest BCUT2D eigenvalue weighted by molar-refractivity contribution is 6.48. The minimum atomic E-state index is -0.876. The molecule has 0 radical (unpaired) electrons. The van der Waals surface area contributed by atoms with Crippen molar-refractivity contribution in [3.8, 4) is 11.8 Å². The number of hydrogen-bond donors (Lipinski definition) is 0. The minimum absolute atomic E-state index is 0.576. The zero-order valence-corrected chi connectivity index (χ0v) is 10.7. The van der Waals surface area contributed by atoms with Crippen molar-refractivity contribution in [1.29, 1.82) is 0 Å². The van der Waals surface area contributed by atoms with E-state index in [4.69, 9.17) is 8.85 Å². The molecule has 0 aliphatic heterocycles. The first kappa shape index (κ1) is 11.9. The fraction of sp³-hybridized carbons (Fsp3) is 0.750. The molecule has 0 aromatic carbocycles. The van der Waals surface area contributed by atoms with Gasteiger partial charge in [0.15, 0.2) is 18.1 Å². The van der Waals surface area contributed by atoms with E-state index in [1.54, 1.807) is 0 Å². The quantitative estimate of drug-likeness (QED) is 0.500. The van der Waals surface area contributed by atoms with Crippen molar-refractivity contribution in [2.45, 2.75) is 26.2 Å². The normalized spacial score (nSPS) is 10.2. The Morgan fingerprint density at radius 1 is 0.833 bits per heavy atom. The molecule has 70 valence electrons. The third kappa shape index (κ3) is 9.91. The van der Waals surface area contributed by atoms with Crippen LogP contribution < -0.4 is 0 Å². The van der Waals surface area contributed by atoms with Gasteiger partial charge in [-0.15, -0.1) is 0 Å². The Morgan fingerprint density at radius 2 is 1.17 bits per heavy atom. The summed E-state index contributed by atoms with van der Waals surface area (Å²) in [4.78, 5) is 0. The Balaban J connectivity index is 3.23. The van der Waals surface area contributed by atoms with E-state index < -0.39 is 18.1 Å². The van der Waals surface area contributed by atoms with E-state index in [2.05, 4.69) is 38.0 Å².